The number of ether oxygens (including phenoxy) is 1. The fourth-order valence-electron chi connectivity index (χ4n) is 4.53. The van der Waals surface area contributed by atoms with Gasteiger partial charge in [-0.3, -0.25) is 14.6 Å². The minimum Gasteiger partial charge on any atom is -0.389 e. The Hall–Kier alpha value is -3.50. The van der Waals surface area contributed by atoms with Crippen LogP contribution >= 0.6 is 0 Å². The lowest BCUT2D eigenvalue weighted by Gasteiger charge is -2.27. The molecule has 2 aromatic heterocycles. The van der Waals surface area contributed by atoms with Crippen LogP contribution < -0.4 is 15.8 Å². The van der Waals surface area contributed by atoms with Gasteiger partial charge in [-0.2, -0.15) is 0 Å². The number of aromatic nitrogens is 3. The monoisotopic (exact) mass is 458 g/mol. The van der Waals surface area contributed by atoms with Crippen molar-refractivity contribution in [2.75, 3.05) is 6.54 Å². The number of amides is 3. The number of nitrogens with zero attached hydrogens (tertiary/aromatic N) is 4. The molecular weight excluding hydrogens is 431 g/mol. The third-order valence-electron chi connectivity index (χ3n) is 6.13. The largest absolute Gasteiger partial charge is 0.411 e. The van der Waals surface area contributed by atoms with Crippen LogP contribution in [0.15, 0.2) is 17.5 Å². The van der Waals surface area contributed by atoms with Crippen molar-refractivity contribution >= 4 is 28.8 Å². The van der Waals surface area contributed by atoms with Crippen molar-refractivity contribution in [3.8, 4) is 5.88 Å². The predicted octanol–water partition coefficient (Wildman–Crippen LogP) is 1.87. The Labute approximate surface area is 189 Å². The Morgan fingerprint density at radius 3 is 2.67 bits per heavy atom. The molecule has 2 aromatic rings. The van der Waals surface area contributed by atoms with Crippen molar-refractivity contribution < 1.29 is 23.5 Å². The number of carbonyl (C=O) groups excluding carboxylic acids is 3. The highest BCUT2D eigenvalue weighted by atomic mass is 19.1. The molecule has 1 saturated heterocycles. The first-order chi connectivity index (χ1) is 15.6. The van der Waals surface area contributed by atoms with Gasteiger partial charge in [0.15, 0.2) is 0 Å². The van der Waals surface area contributed by atoms with Crippen molar-refractivity contribution in [1.82, 2.24) is 25.0 Å². The van der Waals surface area contributed by atoms with E-state index < -0.39 is 18.0 Å². The molecule has 3 heterocycles. The average molecular weight is 458 g/mol. The van der Waals surface area contributed by atoms with E-state index in [0.717, 1.165) is 6.42 Å². The summed E-state index contributed by atoms with van der Waals surface area (Å²) >= 11 is 0. The number of rotatable bonds is 6. The number of piperidine rings is 1. The number of likely N-dealkylation sites (tertiary alicyclic amines) is 1. The van der Waals surface area contributed by atoms with Gasteiger partial charge in [0.1, 0.15) is 18.4 Å². The molecule has 1 aliphatic carbocycles. The van der Waals surface area contributed by atoms with Crippen molar-refractivity contribution in [3.63, 3.8) is 0 Å². The number of hydrogen-bond donors (Lipinski definition) is 2. The van der Waals surface area contributed by atoms with Crippen LogP contribution in [0.3, 0.4) is 0 Å². The van der Waals surface area contributed by atoms with E-state index in [0.29, 0.717) is 34.3 Å². The maximum atomic E-state index is 13.8. The van der Waals surface area contributed by atoms with E-state index in [1.807, 2.05) is 0 Å². The highest BCUT2D eigenvalue weighted by Crippen LogP contribution is 2.48. The first kappa shape index (κ1) is 22.7. The number of halogens is 1. The van der Waals surface area contributed by atoms with Gasteiger partial charge in [-0.05, 0) is 58.1 Å². The van der Waals surface area contributed by atoms with Gasteiger partial charge in [0.05, 0.1) is 23.1 Å². The Bertz CT molecular complexity index is 1190. The number of aryl methyl sites for hydroxylation is 2. The Balaban J connectivity index is 1.58. The summed E-state index contributed by atoms with van der Waals surface area (Å²) < 4.78 is 20.3. The fourth-order valence-corrected chi connectivity index (χ4v) is 4.53. The van der Waals surface area contributed by atoms with Gasteiger partial charge >= 0.3 is 6.09 Å². The van der Waals surface area contributed by atoms with Gasteiger partial charge in [-0.1, -0.05) is 0 Å². The summed E-state index contributed by atoms with van der Waals surface area (Å²) in [7, 11) is 0. The molecule has 3 atom stereocenters. The van der Waals surface area contributed by atoms with Crippen LogP contribution in [0.4, 0.5) is 9.18 Å². The fraction of sp³-hybridized carbons (Fsp3) is 0.500. The van der Waals surface area contributed by atoms with E-state index in [1.165, 1.54) is 4.68 Å². The molecule has 4 rings (SSSR count). The van der Waals surface area contributed by atoms with E-state index in [4.69, 9.17) is 10.5 Å². The van der Waals surface area contributed by atoms with Crippen LogP contribution in [0.5, 0.6) is 5.88 Å². The first-order valence-corrected chi connectivity index (χ1v) is 10.8. The highest BCUT2D eigenvalue weighted by molar-refractivity contribution is 5.92. The number of allylic oxidation sites excluding steroid dienone is 1. The van der Waals surface area contributed by atoms with Gasteiger partial charge in [0, 0.05) is 11.7 Å². The molecule has 0 bridgehead atoms. The zero-order valence-electron chi connectivity index (χ0n) is 19.0. The summed E-state index contributed by atoms with van der Waals surface area (Å²) in [6.45, 7) is 6.46. The van der Waals surface area contributed by atoms with Gasteiger partial charge in [-0.15, -0.1) is 5.10 Å². The summed E-state index contributed by atoms with van der Waals surface area (Å²) in [4.78, 5) is 43.4. The zero-order valence-corrected chi connectivity index (χ0v) is 19.0. The molecule has 0 spiro atoms. The first-order valence-electron chi connectivity index (χ1n) is 10.8. The Morgan fingerprint density at radius 1 is 1.27 bits per heavy atom. The second kappa shape index (κ2) is 8.45. The molecule has 1 aliphatic heterocycles. The molecule has 33 heavy (non-hydrogen) atoms. The van der Waals surface area contributed by atoms with E-state index in [2.05, 4.69) is 15.4 Å². The highest BCUT2D eigenvalue weighted by Gasteiger charge is 2.56. The summed E-state index contributed by atoms with van der Waals surface area (Å²) in [5.41, 5.74) is 7.52. The van der Waals surface area contributed by atoms with E-state index in [-0.39, 0.29) is 42.7 Å². The molecule has 0 radical (unpaired) electrons. The standard InChI is InChI=1S/C22H27FN6O4/c1-10(2)15(23)8-25-20(31)17-7-13-6-16(13)29(17)18(30)9-28-19-12(4)26-11(3)5-14(19)21(27-28)33-22(24)32/h5,13,16-17H,6-9H2,1-4H3,(H2,24,32)(H,25,31)/t13-,16-,17+/m1/s1. The van der Waals surface area contributed by atoms with Crippen LogP contribution in [-0.4, -0.2) is 56.2 Å². The summed E-state index contributed by atoms with van der Waals surface area (Å²) in [6, 6.07) is 1.04. The molecule has 3 amide bonds. The summed E-state index contributed by atoms with van der Waals surface area (Å²) in [5.74, 6) is -0.794. The maximum Gasteiger partial charge on any atom is 0.411 e. The smallest absolute Gasteiger partial charge is 0.389 e. The van der Waals surface area contributed by atoms with Gasteiger partial charge < -0.3 is 20.7 Å². The molecule has 0 unspecified atom stereocenters. The second-order valence-electron chi connectivity index (χ2n) is 8.87. The Morgan fingerprint density at radius 2 is 2.00 bits per heavy atom. The molecule has 1 saturated carbocycles. The molecule has 2 fully saturated rings. The van der Waals surface area contributed by atoms with E-state index in [1.54, 1.807) is 38.7 Å². The lowest BCUT2D eigenvalue weighted by Crippen LogP contribution is -2.49. The number of pyridine rings is 1. The van der Waals surface area contributed by atoms with Crippen molar-refractivity contribution in [2.24, 2.45) is 11.7 Å². The number of carbonyl (C=O) groups is 3. The summed E-state index contributed by atoms with van der Waals surface area (Å²) in [6.07, 6.45) is 0.377. The molecular formula is C22H27FN6O4. The minimum absolute atomic E-state index is 0.00360. The van der Waals surface area contributed by atoms with E-state index in [9.17, 15) is 18.8 Å². The topological polar surface area (TPSA) is 132 Å². The normalized spacial score (nSPS) is 21.0. The molecule has 0 aromatic carbocycles. The average Bonchev–Trinajstić information content (AvgIpc) is 3.25. The maximum absolute atomic E-state index is 13.8. The lowest BCUT2D eigenvalue weighted by atomic mass is 10.1. The summed E-state index contributed by atoms with van der Waals surface area (Å²) in [5, 5.41) is 7.39. The van der Waals surface area contributed by atoms with E-state index >= 15 is 0 Å². The quantitative estimate of drug-likeness (QED) is 0.679. The number of primary amides is 1. The molecule has 176 valence electrons. The van der Waals surface area contributed by atoms with Crippen LogP contribution in [0.25, 0.3) is 10.9 Å². The van der Waals surface area contributed by atoms with Crippen molar-refractivity contribution in [2.45, 2.75) is 59.2 Å². The van der Waals surface area contributed by atoms with Crippen LogP contribution in [0.1, 0.15) is 38.1 Å². The third kappa shape index (κ3) is 4.39. The van der Waals surface area contributed by atoms with Crippen LogP contribution in [0.2, 0.25) is 0 Å². The lowest BCUT2D eigenvalue weighted by molar-refractivity contribution is -0.140. The van der Waals surface area contributed by atoms with Gasteiger partial charge in [0.2, 0.25) is 11.8 Å². The number of hydrogen-bond acceptors (Lipinski definition) is 6. The van der Waals surface area contributed by atoms with Gasteiger partial charge in [-0.25, -0.2) is 13.9 Å². The van der Waals surface area contributed by atoms with Crippen LogP contribution in [0, 0.1) is 19.8 Å². The predicted molar refractivity (Wildman–Crippen MR) is 117 cm³/mol. The molecule has 2 aliphatic rings. The molecule has 10 nitrogen and oxygen atoms in total. The van der Waals surface area contributed by atoms with Crippen LogP contribution in [-0.2, 0) is 16.1 Å². The Kier molecular flexibility index (Phi) is 5.81. The minimum atomic E-state index is -1.01. The third-order valence-corrected chi connectivity index (χ3v) is 6.13. The molecule has 11 heteroatoms. The molecule has 3 N–H and O–H groups in total. The van der Waals surface area contributed by atoms with Crippen molar-refractivity contribution in [1.29, 1.82) is 0 Å². The number of fused-ring (bicyclic) bond motifs is 2. The second-order valence-corrected chi connectivity index (χ2v) is 8.87. The SMILES string of the molecule is CC(C)=C(F)CNC(=O)[C@@H]1C[C@H]2C[C@H]2N1C(=O)Cn1nc(OC(N)=O)c2cc(C)nc(C)c21. The zero-order chi connectivity index (χ0) is 24.0. The van der Waals surface area contributed by atoms with Gasteiger partial charge in [0.25, 0.3) is 5.88 Å². The number of nitrogens with one attached hydrogen (secondary N) is 1. The number of nitrogens with two attached hydrogens (primary N) is 1. The van der Waals surface area contributed by atoms with Crippen molar-refractivity contribution in [3.05, 3.63) is 28.9 Å².